The van der Waals surface area contributed by atoms with Crippen LogP contribution in [0.1, 0.15) is 31.2 Å². The standard InChI is InChI=1S/C17H20ClNO5/c18-13-7-10(8-14-16(13)24-6-5-23-14)9-15(20)19-12-3-1-11(2-4-12)17(21)22/h7-8,11-12H,1-6,9H2,(H,19,20)(H,21,22). The molecule has 2 aliphatic rings. The first-order valence-corrected chi connectivity index (χ1v) is 8.51. The van der Waals surface area contributed by atoms with E-state index in [2.05, 4.69) is 5.32 Å². The molecule has 1 heterocycles. The highest BCUT2D eigenvalue weighted by Crippen LogP contribution is 2.38. The number of carboxylic acids is 1. The molecule has 0 spiro atoms. The van der Waals surface area contributed by atoms with Gasteiger partial charge in [-0.1, -0.05) is 11.6 Å². The molecular formula is C17H20ClNO5. The normalized spacial score (nSPS) is 22.7. The summed E-state index contributed by atoms with van der Waals surface area (Å²) in [5.41, 5.74) is 0.765. The van der Waals surface area contributed by atoms with E-state index in [1.165, 1.54) is 0 Å². The molecule has 6 nitrogen and oxygen atoms in total. The van der Waals surface area contributed by atoms with E-state index in [1.54, 1.807) is 12.1 Å². The van der Waals surface area contributed by atoms with Gasteiger partial charge >= 0.3 is 5.97 Å². The SMILES string of the molecule is O=C(Cc1cc(Cl)c2c(c1)OCCO2)NC1CCC(C(=O)O)CC1. The second kappa shape index (κ2) is 7.30. The summed E-state index contributed by atoms with van der Waals surface area (Å²) in [5, 5.41) is 12.4. The van der Waals surface area contributed by atoms with Crippen LogP contribution in [0.3, 0.4) is 0 Å². The molecule has 0 atom stereocenters. The van der Waals surface area contributed by atoms with Crippen LogP contribution in [0, 0.1) is 5.92 Å². The van der Waals surface area contributed by atoms with Crippen molar-refractivity contribution in [3.63, 3.8) is 0 Å². The summed E-state index contributed by atoms with van der Waals surface area (Å²) in [6, 6.07) is 3.54. The fourth-order valence-corrected chi connectivity index (χ4v) is 3.50. The van der Waals surface area contributed by atoms with E-state index < -0.39 is 5.97 Å². The molecule has 2 N–H and O–H groups in total. The van der Waals surface area contributed by atoms with Gasteiger partial charge in [-0.05, 0) is 43.4 Å². The molecule has 3 rings (SSSR count). The van der Waals surface area contributed by atoms with Gasteiger partial charge in [-0.25, -0.2) is 0 Å². The van der Waals surface area contributed by atoms with Gasteiger partial charge in [0.1, 0.15) is 13.2 Å². The number of carbonyl (C=O) groups excluding carboxylic acids is 1. The molecule has 1 amide bonds. The molecule has 1 saturated carbocycles. The molecule has 24 heavy (non-hydrogen) atoms. The van der Waals surface area contributed by atoms with E-state index in [0.29, 0.717) is 55.4 Å². The quantitative estimate of drug-likeness (QED) is 0.868. The van der Waals surface area contributed by atoms with Crippen molar-refractivity contribution >= 4 is 23.5 Å². The molecule has 130 valence electrons. The number of benzene rings is 1. The van der Waals surface area contributed by atoms with Crippen molar-refractivity contribution in [3.8, 4) is 11.5 Å². The molecule has 0 radical (unpaired) electrons. The minimum absolute atomic E-state index is 0.0424. The highest BCUT2D eigenvalue weighted by Gasteiger charge is 2.27. The number of carbonyl (C=O) groups is 2. The third-order valence-corrected chi connectivity index (χ3v) is 4.74. The number of hydrogen-bond acceptors (Lipinski definition) is 4. The third kappa shape index (κ3) is 3.93. The summed E-state index contributed by atoms with van der Waals surface area (Å²) in [4.78, 5) is 23.2. The Morgan fingerprint density at radius 3 is 2.58 bits per heavy atom. The number of fused-ring (bicyclic) bond motifs is 1. The summed E-state index contributed by atoms with van der Waals surface area (Å²) in [5.74, 6) is -0.0282. The van der Waals surface area contributed by atoms with Gasteiger partial charge in [-0.3, -0.25) is 9.59 Å². The minimum Gasteiger partial charge on any atom is -0.486 e. The highest BCUT2D eigenvalue weighted by molar-refractivity contribution is 6.32. The Labute approximate surface area is 145 Å². The maximum atomic E-state index is 12.2. The van der Waals surface area contributed by atoms with Crippen LogP contribution in [0.15, 0.2) is 12.1 Å². The average molecular weight is 354 g/mol. The number of halogens is 1. The summed E-state index contributed by atoms with van der Waals surface area (Å²) in [6.07, 6.45) is 2.82. The molecule has 1 aromatic rings. The summed E-state index contributed by atoms with van der Waals surface area (Å²) < 4.78 is 11.0. The summed E-state index contributed by atoms with van der Waals surface area (Å²) in [7, 11) is 0. The second-order valence-corrected chi connectivity index (χ2v) is 6.64. The molecule has 1 fully saturated rings. The zero-order chi connectivity index (χ0) is 17.1. The Bertz CT molecular complexity index is 640. The lowest BCUT2D eigenvalue weighted by atomic mass is 9.86. The van der Waals surface area contributed by atoms with E-state index in [1.807, 2.05) is 0 Å². The number of aliphatic carboxylic acids is 1. The van der Waals surface area contributed by atoms with Crippen molar-refractivity contribution < 1.29 is 24.2 Å². The van der Waals surface area contributed by atoms with Crippen LogP contribution < -0.4 is 14.8 Å². The van der Waals surface area contributed by atoms with Crippen molar-refractivity contribution in [1.29, 1.82) is 0 Å². The van der Waals surface area contributed by atoms with Gasteiger partial charge < -0.3 is 19.9 Å². The number of hydrogen-bond donors (Lipinski definition) is 2. The van der Waals surface area contributed by atoms with Gasteiger partial charge in [0.05, 0.1) is 17.4 Å². The largest absolute Gasteiger partial charge is 0.486 e. The first-order valence-electron chi connectivity index (χ1n) is 8.13. The monoisotopic (exact) mass is 353 g/mol. The Hall–Kier alpha value is -1.95. The fraction of sp³-hybridized carbons (Fsp3) is 0.529. The maximum absolute atomic E-state index is 12.2. The van der Waals surface area contributed by atoms with Crippen LogP contribution in [-0.4, -0.2) is 36.2 Å². The van der Waals surface area contributed by atoms with E-state index in [9.17, 15) is 9.59 Å². The van der Waals surface area contributed by atoms with Crippen LogP contribution in [0.5, 0.6) is 11.5 Å². The Morgan fingerprint density at radius 1 is 1.17 bits per heavy atom. The Kier molecular flexibility index (Phi) is 5.14. The number of rotatable bonds is 4. The van der Waals surface area contributed by atoms with Crippen LogP contribution in [0.2, 0.25) is 5.02 Å². The predicted molar refractivity (Wildman–Crippen MR) is 87.7 cm³/mol. The van der Waals surface area contributed by atoms with E-state index in [-0.39, 0.29) is 24.3 Å². The van der Waals surface area contributed by atoms with Crippen molar-refractivity contribution in [2.24, 2.45) is 5.92 Å². The Balaban J connectivity index is 1.56. The number of amides is 1. The molecular weight excluding hydrogens is 334 g/mol. The van der Waals surface area contributed by atoms with Gasteiger partial charge in [0.15, 0.2) is 11.5 Å². The maximum Gasteiger partial charge on any atom is 0.306 e. The van der Waals surface area contributed by atoms with Crippen molar-refractivity contribution in [1.82, 2.24) is 5.32 Å². The molecule has 0 aromatic heterocycles. The van der Waals surface area contributed by atoms with Gasteiger partial charge in [-0.15, -0.1) is 0 Å². The third-order valence-electron chi connectivity index (χ3n) is 4.46. The minimum atomic E-state index is -0.745. The summed E-state index contributed by atoms with van der Waals surface area (Å²) >= 11 is 6.18. The van der Waals surface area contributed by atoms with Crippen LogP contribution in [-0.2, 0) is 16.0 Å². The molecule has 1 aromatic carbocycles. The second-order valence-electron chi connectivity index (χ2n) is 6.23. The number of nitrogens with one attached hydrogen (secondary N) is 1. The van der Waals surface area contributed by atoms with E-state index in [4.69, 9.17) is 26.2 Å². The molecule has 0 saturated heterocycles. The lowest BCUT2D eigenvalue weighted by Gasteiger charge is -2.27. The van der Waals surface area contributed by atoms with Crippen LogP contribution >= 0.6 is 11.6 Å². The average Bonchev–Trinajstić information content (AvgIpc) is 2.55. The fourth-order valence-electron chi connectivity index (χ4n) is 3.22. The van der Waals surface area contributed by atoms with Gasteiger partial charge in [0.25, 0.3) is 0 Å². The zero-order valence-corrected chi connectivity index (χ0v) is 14.0. The van der Waals surface area contributed by atoms with Crippen LogP contribution in [0.4, 0.5) is 0 Å². The van der Waals surface area contributed by atoms with Crippen LogP contribution in [0.25, 0.3) is 0 Å². The Morgan fingerprint density at radius 2 is 1.88 bits per heavy atom. The van der Waals surface area contributed by atoms with Gasteiger partial charge in [0.2, 0.25) is 5.91 Å². The van der Waals surface area contributed by atoms with Gasteiger partial charge in [-0.2, -0.15) is 0 Å². The zero-order valence-electron chi connectivity index (χ0n) is 13.2. The van der Waals surface area contributed by atoms with E-state index in [0.717, 1.165) is 5.56 Å². The number of carboxylic acid groups (broad SMARTS) is 1. The lowest BCUT2D eigenvalue weighted by Crippen LogP contribution is -2.39. The predicted octanol–water partition coefficient (Wildman–Crippen LogP) is 2.41. The summed E-state index contributed by atoms with van der Waals surface area (Å²) in [6.45, 7) is 0.928. The smallest absolute Gasteiger partial charge is 0.306 e. The molecule has 1 aliphatic carbocycles. The molecule has 0 unspecified atom stereocenters. The topological polar surface area (TPSA) is 84.9 Å². The van der Waals surface area contributed by atoms with Gasteiger partial charge in [0, 0.05) is 6.04 Å². The molecule has 0 bridgehead atoms. The van der Waals surface area contributed by atoms with Crippen molar-refractivity contribution in [2.75, 3.05) is 13.2 Å². The first kappa shape index (κ1) is 16.9. The van der Waals surface area contributed by atoms with Crippen molar-refractivity contribution in [2.45, 2.75) is 38.1 Å². The first-order chi connectivity index (χ1) is 11.5. The lowest BCUT2D eigenvalue weighted by molar-refractivity contribution is -0.142. The molecule has 1 aliphatic heterocycles. The highest BCUT2D eigenvalue weighted by atomic mass is 35.5. The molecule has 7 heteroatoms. The van der Waals surface area contributed by atoms with Crippen molar-refractivity contribution in [3.05, 3.63) is 22.7 Å². The number of ether oxygens (including phenoxy) is 2. The van der Waals surface area contributed by atoms with E-state index >= 15 is 0 Å².